The van der Waals surface area contributed by atoms with E-state index >= 15 is 0 Å². The molecule has 3 fully saturated rings. The number of ether oxygens (including phenoxy) is 1. The van der Waals surface area contributed by atoms with Crippen LogP contribution in [-0.4, -0.2) is 11.8 Å². The Morgan fingerprint density at radius 1 is 0.862 bits per heavy atom. The lowest BCUT2D eigenvalue weighted by molar-refractivity contribution is -0.124. The number of nitrogens with zero attached hydrogens (tertiary/aromatic N) is 1. The predicted molar refractivity (Wildman–Crippen MR) is 110 cm³/mol. The summed E-state index contributed by atoms with van der Waals surface area (Å²) in [7, 11) is 0. The van der Waals surface area contributed by atoms with E-state index in [1.54, 1.807) is 42.5 Å². The highest BCUT2D eigenvalue weighted by atomic mass is 35.5. The second-order valence-electron chi connectivity index (χ2n) is 8.34. The Balaban J connectivity index is 1.26. The molecule has 4 aliphatic carbocycles. The molecule has 0 unspecified atom stereocenters. The Bertz CT molecular complexity index is 1040. The summed E-state index contributed by atoms with van der Waals surface area (Å²) in [6.07, 6.45) is 5.53. The summed E-state index contributed by atoms with van der Waals surface area (Å²) in [5, 5.41) is 0.948. The third kappa shape index (κ3) is 2.52. The molecule has 0 radical (unpaired) electrons. The fourth-order valence-corrected chi connectivity index (χ4v) is 6.01. The van der Waals surface area contributed by atoms with Gasteiger partial charge in [0.15, 0.2) is 0 Å². The van der Waals surface area contributed by atoms with Crippen molar-refractivity contribution < 1.29 is 14.3 Å². The van der Waals surface area contributed by atoms with Crippen molar-refractivity contribution in [3.05, 3.63) is 64.7 Å². The van der Waals surface area contributed by atoms with Crippen LogP contribution in [0.25, 0.3) is 0 Å². The first-order chi connectivity index (χ1) is 14.0. The van der Waals surface area contributed by atoms with Gasteiger partial charge in [0.2, 0.25) is 11.8 Å². The highest BCUT2D eigenvalue weighted by Crippen LogP contribution is 2.65. The van der Waals surface area contributed by atoms with Gasteiger partial charge in [-0.15, -0.1) is 0 Å². The molecule has 4 nitrogen and oxygen atoms in total. The summed E-state index contributed by atoms with van der Waals surface area (Å²) in [5.74, 6) is 2.22. The number of anilines is 1. The minimum Gasteiger partial charge on any atom is -0.456 e. The van der Waals surface area contributed by atoms with Crippen molar-refractivity contribution in [1.29, 1.82) is 0 Å². The Kier molecular flexibility index (Phi) is 3.69. The van der Waals surface area contributed by atoms with Crippen molar-refractivity contribution in [2.75, 3.05) is 4.90 Å². The lowest BCUT2D eigenvalue weighted by Crippen LogP contribution is -2.40. The smallest absolute Gasteiger partial charge is 0.238 e. The second kappa shape index (κ2) is 6.10. The maximum Gasteiger partial charge on any atom is 0.238 e. The Hall–Kier alpha value is -2.30. The molecule has 6 heteroatoms. The molecule has 2 bridgehead atoms. The number of carbonyl (C=O) groups is 2. The molecule has 2 aromatic carbocycles. The molecule has 1 heterocycles. The standard InChI is InChI=1S/C23H17Cl2NO3/c24-11-1-8-19(18(25)9-11)29-13-4-2-12(3-5-13)26-22(27)20-14-6-7-15(17-10-16(14)17)21(20)23(26)28/h1-9,14-17,20-21H,10H2/t14-,15-,16-,17+,20-,21+/m0/s1. The summed E-state index contributed by atoms with van der Waals surface area (Å²) in [6.45, 7) is 0. The first-order valence-corrected chi connectivity index (χ1v) is 10.6. The summed E-state index contributed by atoms with van der Waals surface area (Å²) in [4.78, 5) is 27.7. The van der Waals surface area contributed by atoms with Crippen LogP contribution in [0.15, 0.2) is 54.6 Å². The Morgan fingerprint density at radius 3 is 2.07 bits per heavy atom. The number of carbonyl (C=O) groups excluding carboxylic acids is 2. The van der Waals surface area contributed by atoms with Crippen LogP contribution in [0.5, 0.6) is 11.5 Å². The van der Waals surface area contributed by atoms with E-state index in [0.29, 0.717) is 39.1 Å². The van der Waals surface area contributed by atoms with Crippen LogP contribution in [0, 0.1) is 35.5 Å². The number of halogens is 2. The fraction of sp³-hybridized carbons (Fsp3) is 0.304. The molecule has 5 aliphatic rings. The molecule has 0 N–H and O–H groups in total. The molecule has 0 aromatic heterocycles. The molecule has 1 aliphatic heterocycles. The van der Waals surface area contributed by atoms with Gasteiger partial charge in [0.1, 0.15) is 11.5 Å². The monoisotopic (exact) mass is 425 g/mol. The molecule has 146 valence electrons. The number of hydrogen-bond acceptors (Lipinski definition) is 3. The molecule has 2 saturated carbocycles. The minimum atomic E-state index is -0.190. The molecule has 0 spiro atoms. The van der Waals surface area contributed by atoms with Gasteiger partial charge in [0.25, 0.3) is 0 Å². The minimum absolute atomic E-state index is 0.0564. The molecule has 29 heavy (non-hydrogen) atoms. The summed E-state index contributed by atoms with van der Waals surface area (Å²) in [5.41, 5.74) is 0.594. The molecule has 2 amide bonds. The number of rotatable bonds is 3. The molecule has 6 atom stereocenters. The van der Waals surface area contributed by atoms with Gasteiger partial charge in [-0.2, -0.15) is 0 Å². The van der Waals surface area contributed by atoms with E-state index in [0.717, 1.165) is 6.42 Å². The second-order valence-corrected chi connectivity index (χ2v) is 9.18. The summed E-state index contributed by atoms with van der Waals surface area (Å²) < 4.78 is 5.81. The van der Waals surface area contributed by atoms with Gasteiger partial charge in [-0.3, -0.25) is 14.5 Å². The van der Waals surface area contributed by atoms with Crippen molar-refractivity contribution in [3.63, 3.8) is 0 Å². The van der Waals surface area contributed by atoms with Crippen LogP contribution in [0.4, 0.5) is 5.69 Å². The number of amides is 2. The van der Waals surface area contributed by atoms with Gasteiger partial charge in [-0.25, -0.2) is 0 Å². The quantitative estimate of drug-likeness (QED) is 0.492. The van der Waals surface area contributed by atoms with Crippen LogP contribution in [-0.2, 0) is 9.59 Å². The van der Waals surface area contributed by atoms with Crippen molar-refractivity contribution >= 4 is 40.7 Å². The number of imide groups is 1. The first-order valence-electron chi connectivity index (χ1n) is 9.82. The van der Waals surface area contributed by atoms with Crippen LogP contribution in [0.2, 0.25) is 10.0 Å². The Labute approximate surface area is 178 Å². The zero-order chi connectivity index (χ0) is 19.9. The van der Waals surface area contributed by atoms with Crippen molar-refractivity contribution in [3.8, 4) is 11.5 Å². The molecular weight excluding hydrogens is 409 g/mol. The van der Waals surface area contributed by atoms with E-state index in [1.165, 1.54) is 4.90 Å². The van der Waals surface area contributed by atoms with Crippen molar-refractivity contribution in [2.45, 2.75) is 6.42 Å². The van der Waals surface area contributed by atoms with Crippen LogP contribution >= 0.6 is 23.2 Å². The van der Waals surface area contributed by atoms with Gasteiger partial charge in [0, 0.05) is 5.02 Å². The van der Waals surface area contributed by atoms with Gasteiger partial charge in [0.05, 0.1) is 22.5 Å². The predicted octanol–water partition coefficient (Wildman–Crippen LogP) is 5.34. The third-order valence-corrected chi connectivity index (χ3v) is 7.41. The third-order valence-electron chi connectivity index (χ3n) is 6.88. The molecule has 2 aromatic rings. The van der Waals surface area contributed by atoms with Crippen molar-refractivity contribution in [2.24, 2.45) is 35.5 Å². The zero-order valence-electron chi connectivity index (χ0n) is 15.3. The zero-order valence-corrected chi connectivity index (χ0v) is 16.8. The maximum atomic E-state index is 13.2. The number of hydrogen-bond donors (Lipinski definition) is 0. The van der Waals surface area contributed by atoms with E-state index in [4.69, 9.17) is 27.9 Å². The van der Waals surface area contributed by atoms with E-state index in [-0.39, 0.29) is 35.5 Å². The topological polar surface area (TPSA) is 46.6 Å². The largest absolute Gasteiger partial charge is 0.456 e. The van der Waals surface area contributed by atoms with E-state index in [1.807, 2.05) is 0 Å². The fourth-order valence-electron chi connectivity index (χ4n) is 5.56. The van der Waals surface area contributed by atoms with Crippen molar-refractivity contribution in [1.82, 2.24) is 0 Å². The molecular formula is C23H17Cl2NO3. The average molecular weight is 426 g/mol. The maximum absolute atomic E-state index is 13.2. The van der Waals surface area contributed by atoms with Crippen LogP contribution < -0.4 is 9.64 Å². The number of benzene rings is 2. The molecule has 7 rings (SSSR count). The highest BCUT2D eigenvalue weighted by Gasteiger charge is 2.67. The molecule has 1 saturated heterocycles. The van der Waals surface area contributed by atoms with Crippen LogP contribution in [0.1, 0.15) is 6.42 Å². The number of allylic oxidation sites excluding steroid dienone is 2. The summed E-state index contributed by atoms with van der Waals surface area (Å²) >= 11 is 12.1. The normalized spacial score (nSPS) is 33.7. The first kappa shape index (κ1) is 17.5. The lowest BCUT2D eigenvalue weighted by atomic mass is 9.63. The van der Waals surface area contributed by atoms with Gasteiger partial charge >= 0.3 is 0 Å². The average Bonchev–Trinajstić information content (AvgIpc) is 3.49. The van der Waals surface area contributed by atoms with Gasteiger partial charge in [-0.05, 0) is 72.6 Å². The van der Waals surface area contributed by atoms with E-state index in [2.05, 4.69) is 12.2 Å². The van der Waals surface area contributed by atoms with Gasteiger partial charge < -0.3 is 4.74 Å². The van der Waals surface area contributed by atoms with Gasteiger partial charge in [-0.1, -0.05) is 35.4 Å². The highest BCUT2D eigenvalue weighted by molar-refractivity contribution is 6.35. The van der Waals surface area contributed by atoms with E-state index in [9.17, 15) is 9.59 Å². The SMILES string of the molecule is O=C1[C@@H]2[C@H]3C=C[C@@H]([C@@H]4C[C@H]34)[C@@H]2C(=O)N1c1ccc(Oc2ccc(Cl)cc2Cl)cc1. The summed E-state index contributed by atoms with van der Waals surface area (Å²) in [6, 6.07) is 12.0. The van der Waals surface area contributed by atoms with Crippen LogP contribution in [0.3, 0.4) is 0 Å². The lowest BCUT2D eigenvalue weighted by Gasteiger charge is -2.37. The Morgan fingerprint density at radius 2 is 1.48 bits per heavy atom. The van der Waals surface area contributed by atoms with E-state index < -0.39 is 0 Å².